The topological polar surface area (TPSA) is 38.0 Å². The van der Waals surface area contributed by atoms with Gasteiger partial charge in [-0.3, -0.25) is 11.3 Å². The monoisotopic (exact) mass is 228 g/mol. The highest BCUT2D eigenvalue weighted by molar-refractivity contribution is 5.83. The van der Waals surface area contributed by atoms with Crippen LogP contribution in [0.2, 0.25) is 0 Å². The Balaban J connectivity index is 2.48. The van der Waals surface area contributed by atoms with Crippen LogP contribution < -0.4 is 11.3 Å². The Kier molecular flexibility index (Phi) is 3.18. The maximum Gasteiger partial charge on any atom is 0.0508 e. The van der Waals surface area contributed by atoms with E-state index in [9.17, 15) is 0 Å². The van der Waals surface area contributed by atoms with E-state index in [1.807, 2.05) is 0 Å². The van der Waals surface area contributed by atoms with Gasteiger partial charge in [0.2, 0.25) is 0 Å². The van der Waals surface area contributed by atoms with Crippen LogP contribution in [0.5, 0.6) is 0 Å². The number of nitrogens with one attached hydrogen (secondary N) is 1. The van der Waals surface area contributed by atoms with Crippen molar-refractivity contribution in [2.75, 3.05) is 0 Å². The van der Waals surface area contributed by atoms with Crippen molar-refractivity contribution in [1.82, 2.24) is 5.43 Å². The number of benzene rings is 2. The Hall–Kier alpha value is -1.38. The van der Waals surface area contributed by atoms with E-state index in [2.05, 4.69) is 68.7 Å². The summed E-state index contributed by atoms with van der Waals surface area (Å²) in [5.41, 5.74) is 4.25. The second-order valence-electron chi connectivity index (χ2n) is 5.57. The minimum Gasteiger partial charge on any atom is -0.271 e. The molecule has 0 bridgehead atoms. The molecule has 2 heteroatoms. The van der Waals surface area contributed by atoms with E-state index in [4.69, 9.17) is 5.84 Å². The maximum atomic E-state index is 5.69. The van der Waals surface area contributed by atoms with Crippen molar-refractivity contribution < 1.29 is 0 Å². The molecule has 0 aliphatic rings. The number of fused-ring (bicyclic) bond motifs is 1. The molecule has 2 aromatic rings. The lowest BCUT2D eigenvalue weighted by atomic mass is 9.82. The number of hydrazine groups is 1. The fourth-order valence-corrected chi connectivity index (χ4v) is 2.23. The van der Waals surface area contributed by atoms with Crippen LogP contribution in [-0.4, -0.2) is 0 Å². The summed E-state index contributed by atoms with van der Waals surface area (Å²) < 4.78 is 0. The Labute approximate surface area is 103 Å². The summed E-state index contributed by atoms with van der Waals surface area (Å²) in [5.74, 6) is 5.69. The lowest BCUT2D eigenvalue weighted by Gasteiger charge is -2.30. The van der Waals surface area contributed by atoms with Gasteiger partial charge in [0, 0.05) is 0 Å². The fraction of sp³-hybridized carbons (Fsp3) is 0.333. The molecule has 0 saturated heterocycles. The molecule has 0 heterocycles. The van der Waals surface area contributed by atoms with Gasteiger partial charge in [-0.1, -0.05) is 57.2 Å². The summed E-state index contributed by atoms with van der Waals surface area (Å²) in [4.78, 5) is 0. The average molecular weight is 228 g/mol. The minimum atomic E-state index is 0.0945. The third-order valence-corrected chi connectivity index (χ3v) is 3.14. The molecule has 0 aliphatic heterocycles. The van der Waals surface area contributed by atoms with Gasteiger partial charge >= 0.3 is 0 Å². The molecule has 0 fully saturated rings. The van der Waals surface area contributed by atoms with Crippen LogP contribution in [0, 0.1) is 5.41 Å². The molecule has 3 N–H and O–H groups in total. The molecule has 0 amide bonds. The molecule has 1 unspecified atom stereocenters. The molecule has 2 aromatic carbocycles. The molecule has 2 nitrogen and oxygen atoms in total. The quantitative estimate of drug-likeness (QED) is 0.611. The van der Waals surface area contributed by atoms with Crippen LogP contribution in [0.15, 0.2) is 42.5 Å². The molecular weight excluding hydrogens is 208 g/mol. The lowest BCUT2D eigenvalue weighted by molar-refractivity contribution is 0.276. The van der Waals surface area contributed by atoms with Crippen molar-refractivity contribution in [3.05, 3.63) is 48.0 Å². The van der Waals surface area contributed by atoms with Gasteiger partial charge in [-0.15, -0.1) is 0 Å². The van der Waals surface area contributed by atoms with Gasteiger partial charge in [-0.2, -0.15) is 0 Å². The normalized spacial score (nSPS) is 13.9. The molecule has 0 spiro atoms. The van der Waals surface area contributed by atoms with Crippen molar-refractivity contribution in [3.8, 4) is 0 Å². The minimum absolute atomic E-state index is 0.0945. The standard InChI is InChI=1S/C15H20N2/c1-15(2,3)14(17-16)13-9-8-11-6-4-5-7-12(11)10-13/h4-10,14,17H,16H2,1-3H3. The van der Waals surface area contributed by atoms with Crippen molar-refractivity contribution in [2.24, 2.45) is 11.3 Å². The van der Waals surface area contributed by atoms with Crippen LogP contribution in [-0.2, 0) is 0 Å². The first-order valence-corrected chi connectivity index (χ1v) is 5.97. The largest absolute Gasteiger partial charge is 0.271 e. The molecule has 0 aromatic heterocycles. The molecular formula is C15H20N2. The van der Waals surface area contributed by atoms with Crippen LogP contribution in [0.4, 0.5) is 0 Å². The van der Waals surface area contributed by atoms with Gasteiger partial charge < -0.3 is 0 Å². The van der Waals surface area contributed by atoms with E-state index in [0.717, 1.165) is 0 Å². The SMILES string of the molecule is CC(C)(C)C(NN)c1ccc2ccccc2c1. The average Bonchev–Trinajstić information content (AvgIpc) is 2.28. The van der Waals surface area contributed by atoms with Crippen LogP contribution in [0.3, 0.4) is 0 Å². The highest BCUT2D eigenvalue weighted by Crippen LogP contribution is 2.33. The number of rotatable bonds is 2. The highest BCUT2D eigenvalue weighted by atomic mass is 15.2. The zero-order chi connectivity index (χ0) is 12.5. The second-order valence-corrected chi connectivity index (χ2v) is 5.57. The molecule has 17 heavy (non-hydrogen) atoms. The number of nitrogens with two attached hydrogens (primary N) is 1. The van der Waals surface area contributed by atoms with E-state index in [1.165, 1.54) is 16.3 Å². The first kappa shape index (κ1) is 12.1. The molecule has 0 radical (unpaired) electrons. The van der Waals surface area contributed by atoms with Gasteiger partial charge in [0.25, 0.3) is 0 Å². The Morgan fingerprint density at radius 2 is 1.65 bits per heavy atom. The summed E-state index contributed by atoms with van der Waals surface area (Å²) in [6, 6.07) is 15.1. The van der Waals surface area contributed by atoms with Crippen molar-refractivity contribution >= 4 is 10.8 Å². The summed E-state index contributed by atoms with van der Waals surface area (Å²) in [7, 11) is 0. The van der Waals surface area contributed by atoms with Crippen LogP contribution in [0.25, 0.3) is 10.8 Å². The predicted molar refractivity (Wildman–Crippen MR) is 73.5 cm³/mol. The molecule has 90 valence electrons. The highest BCUT2D eigenvalue weighted by Gasteiger charge is 2.24. The Bertz CT molecular complexity index is 512. The fourth-order valence-electron chi connectivity index (χ4n) is 2.23. The van der Waals surface area contributed by atoms with Gasteiger partial charge in [0.05, 0.1) is 6.04 Å². The molecule has 0 aliphatic carbocycles. The molecule has 0 saturated carbocycles. The van der Waals surface area contributed by atoms with Crippen LogP contribution >= 0.6 is 0 Å². The summed E-state index contributed by atoms with van der Waals surface area (Å²) in [6.07, 6.45) is 0. The zero-order valence-electron chi connectivity index (χ0n) is 10.7. The number of hydrogen-bond donors (Lipinski definition) is 2. The van der Waals surface area contributed by atoms with E-state index >= 15 is 0 Å². The third-order valence-electron chi connectivity index (χ3n) is 3.14. The summed E-state index contributed by atoms with van der Waals surface area (Å²) in [5, 5.41) is 2.52. The Morgan fingerprint density at radius 3 is 2.24 bits per heavy atom. The number of hydrogen-bond acceptors (Lipinski definition) is 2. The van der Waals surface area contributed by atoms with E-state index < -0.39 is 0 Å². The molecule has 1 atom stereocenters. The summed E-state index contributed by atoms with van der Waals surface area (Å²) in [6.45, 7) is 6.56. The van der Waals surface area contributed by atoms with Crippen molar-refractivity contribution in [3.63, 3.8) is 0 Å². The maximum absolute atomic E-state index is 5.69. The van der Waals surface area contributed by atoms with Gasteiger partial charge in [-0.25, -0.2) is 0 Å². The lowest BCUT2D eigenvalue weighted by Crippen LogP contribution is -2.36. The zero-order valence-corrected chi connectivity index (χ0v) is 10.7. The van der Waals surface area contributed by atoms with Gasteiger partial charge in [0.15, 0.2) is 0 Å². The van der Waals surface area contributed by atoms with E-state index in [0.29, 0.717) is 0 Å². The first-order chi connectivity index (χ1) is 8.02. The van der Waals surface area contributed by atoms with E-state index in [-0.39, 0.29) is 11.5 Å². The second kappa shape index (κ2) is 4.47. The molecule has 2 rings (SSSR count). The predicted octanol–water partition coefficient (Wildman–Crippen LogP) is 3.39. The van der Waals surface area contributed by atoms with Crippen molar-refractivity contribution in [2.45, 2.75) is 26.8 Å². The van der Waals surface area contributed by atoms with Crippen LogP contribution in [0.1, 0.15) is 32.4 Å². The van der Waals surface area contributed by atoms with Gasteiger partial charge in [-0.05, 0) is 27.8 Å². The Morgan fingerprint density at radius 1 is 1.00 bits per heavy atom. The smallest absolute Gasteiger partial charge is 0.0508 e. The summed E-state index contributed by atoms with van der Waals surface area (Å²) >= 11 is 0. The third kappa shape index (κ3) is 2.48. The van der Waals surface area contributed by atoms with E-state index in [1.54, 1.807) is 0 Å². The first-order valence-electron chi connectivity index (χ1n) is 5.97. The van der Waals surface area contributed by atoms with Gasteiger partial charge in [0.1, 0.15) is 0 Å². The van der Waals surface area contributed by atoms with Crippen molar-refractivity contribution in [1.29, 1.82) is 0 Å².